The highest BCUT2D eigenvalue weighted by Gasteiger charge is 2.21. The molecule has 2 nitrogen and oxygen atoms in total. The van der Waals surface area contributed by atoms with Gasteiger partial charge in [-0.1, -0.05) is 68.7 Å². The Hall–Kier alpha value is -1.94. The molecule has 0 aliphatic rings. The molecule has 110 valence electrons. The maximum atomic E-state index is 11.9. The molecule has 0 fully saturated rings. The Morgan fingerprint density at radius 3 is 2.22 bits per heavy atom. The molecule has 0 radical (unpaired) electrons. The summed E-state index contributed by atoms with van der Waals surface area (Å²) < 4.78 is 0.663. The molecule has 0 amide bonds. The standard InChI is InChI=1S/C17H14B3BrO2/c18-13-11(12(17(22)23)16(21)15(20)14(13)19)10-6-5-8-3-1-2-4-9(8)7-10/h1-7H,18-20H2,(H,22,23). The molecular formula is C17H14B3BrO2. The third-order valence-electron chi connectivity index (χ3n) is 4.55. The summed E-state index contributed by atoms with van der Waals surface area (Å²) >= 11 is 3.48. The molecule has 3 rings (SSSR count). The quantitative estimate of drug-likeness (QED) is 0.638. The minimum Gasteiger partial charge on any atom is -0.478 e. The molecule has 0 aliphatic heterocycles. The Labute approximate surface area is 146 Å². The average Bonchev–Trinajstić information content (AvgIpc) is 2.55. The van der Waals surface area contributed by atoms with Gasteiger partial charge in [-0.2, -0.15) is 0 Å². The number of carboxylic acid groups (broad SMARTS) is 1. The largest absolute Gasteiger partial charge is 0.478 e. The molecule has 0 unspecified atom stereocenters. The zero-order valence-electron chi connectivity index (χ0n) is 13.3. The van der Waals surface area contributed by atoms with Crippen molar-refractivity contribution >= 4 is 72.6 Å². The first-order chi connectivity index (χ1) is 10.9. The monoisotopic (exact) mass is 362 g/mol. The zero-order valence-corrected chi connectivity index (χ0v) is 14.9. The number of halogens is 1. The van der Waals surface area contributed by atoms with Gasteiger partial charge in [0.15, 0.2) is 0 Å². The molecule has 0 aliphatic carbocycles. The van der Waals surface area contributed by atoms with Crippen LogP contribution in [0, 0.1) is 0 Å². The molecule has 0 bridgehead atoms. The summed E-state index contributed by atoms with van der Waals surface area (Å²) in [6, 6.07) is 14.2. The van der Waals surface area contributed by atoms with Crippen molar-refractivity contribution in [3.8, 4) is 11.1 Å². The van der Waals surface area contributed by atoms with Crippen LogP contribution < -0.4 is 16.4 Å². The maximum absolute atomic E-state index is 11.9. The van der Waals surface area contributed by atoms with E-state index in [2.05, 4.69) is 28.1 Å². The number of fused-ring (bicyclic) bond motifs is 1. The van der Waals surface area contributed by atoms with E-state index in [-0.39, 0.29) is 0 Å². The van der Waals surface area contributed by atoms with Crippen LogP contribution in [0.5, 0.6) is 0 Å². The van der Waals surface area contributed by atoms with Gasteiger partial charge in [0.05, 0.1) is 5.56 Å². The summed E-state index contributed by atoms with van der Waals surface area (Å²) in [5.74, 6) is -0.911. The molecule has 0 saturated heterocycles. The SMILES string of the molecule is Bc1c(B)c(Br)c(C(=O)O)c(-c2ccc3ccccc3c2)c1B. The van der Waals surface area contributed by atoms with Gasteiger partial charge < -0.3 is 5.11 Å². The first-order valence-electron chi connectivity index (χ1n) is 7.43. The summed E-state index contributed by atoms with van der Waals surface area (Å²) in [7, 11) is 5.97. The Kier molecular flexibility index (Phi) is 4.11. The highest BCUT2D eigenvalue weighted by atomic mass is 79.9. The summed E-state index contributed by atoms with van der Waals surface area (Å²) in [5, 5.41) is 12.0. The van der Waals surface area contributed by atoms with Gasteiger partial charge in [0.2, 0.25) is 0 Å². The molecule has 1 N–H and O–H groups in total. The fraction of sp³-hybridized carbons (Fsp3) is 0. The summed E-state index contributed by atoms with van der Waals surface area (Å²) in [5.41, 5.74) is 5.16. The van der Waals surface area contributed by atoms with Crippen LogP contribution >= 0.6 is 15.9 Å². The molecule has 23 heavy (non-hydrogen) atoms. The molecule has 0 aromatic heterocycles. The second-order valence-corrected chi connectivity index (χ2v) is 6.60. The van der Waals surface area contributed by atoms with Crippen molar-refractivity contribution < 1.29 is 9.90 Å². The lowest BCUT2D eigenvalue weighted by Crippen LogP contribution is -2.42. The van der Waals surface area contributed by atoms with Gasteiger partial charge in [-0.25, -0.2) is 4.79 Å². The Morgan fingerprint density at radius 2 is 1.57 bits per heavy atom. The molecule has 6 heteroatoms. The van der Waals surface area contributed by atoms with Gasteiger partial charge in [0.25, 0.3) is 0 Å². The van der Waals surface area contributed by atoms with Crippen LogP contribution in [0.4, 0.5) is 0 Å². The minimum absolute atomic E-state index is 0.334. The van der Waals surface area contributed by atoms with Gasteiger partial charge in [0, 0.05) is 4.47 Å². The Balaban J connectivity index is 2.39. The predicted molar refractivity (Wildman–Crippen MR) is 109 cm³/mol. The number of benzene rings is 3. The van der Waals surface area contributed by atoms with Crippen LogP contribution in [0.3, 0.4) is 0 Å². The van der Waals surface area contributed by atoms with E-state index in [0.717, 1.165) is 38.3 Å². The predicted octanol–water partition coefficient (Wildman–Crippen LogP) is -0.257. The minimum atomic E-state index is -0.911. The number of hydrogen-bond acceptors (Lipinski definition) is 1. The first kappa shape index (κ1) is 15.9. The molecule has 3 aromatic carbocycles. The fourth-order valence-electron chi connectivity index (χ4n) is 3.02. The second kappa shape index (κ2) is 5.93. The van der Waals surface area contributed by atoms with E-state index < -0.39 is 5.97 Å². The number of hydrogen-bond donors (Lipinski definition) is 1. The van der Waals surface area contributed by atoms with Crippen LogP contribution in [0.15, 0.2) is 46.9 Å². The van der Waals surface area contributed by atoms with Crippen molar-refractivity contribution in [3.63, 3.8) is 0 Å². The van der Waals surface area contributed by atoms with Crippen molar-refractivity contribution in [2.75, 3.05) is 0 Å². The fourth-order valence-corrected chi connectivity index (χ4v) is 3.69. The maximum Gasteiger partial charge on any atom is 0.337 e. The molecular weight excluding hydrogens is 349 g/mol. The van der Waals surface area contributed by atoms with Gasteiger partial charge in [-0.15, -0.1) is 0 Å². The van der Waals surface area contributed by atoms with E-state index in [1.165, 1.54) is 0 Å². The van der Waals surface area contributed by atoms with Crippen molar-refractivity contribution in [1.82, 2.24) is 0 Å². The van der Waals surface area contributed by atoms with Crippen LogP contribution in [-0.4, -0.2) is 34.6 Å². The average molecular weight is 363 g/mol. The van der Waals surface area contributed by atoms with Crippen molar-refractivity contribution in [2.24, 2.45) is 0 Å². The summed E-state index contributed by atoms with van der Waals surface area (Å²) in [6.07, 6.45) is 0. The summed E-state index contributed by atoms with van der Waals surface area (Å²) in [6.45, 7) is 0. The normalized spacial score (nSPS) is 10.8. The number of rotatable bonds is 2. The first-order valence-corrected chi connectivity index (χ1v) is 8.23. The number of aromatic carboxylic acids is 1. The molecule has 3 aromatic rings. The van der Waals surface area contributed by atoms with Crippen molar-refractivity contribution in [3.05, 3.63) is 52.5 Å². The second-order valence-electron chi connectivity index (χ2n) is 5.81. The highest BCUT2D eigenvalue weighted by Crippen LogP contribution is 2.28. The molecule has 0 heterocycles. The third kappa shape index (κ3) is 2.61. The van der Waals surface area contributed by atoms with Gasteiger partial charge >= 0.3 is 5.97 Å². The third-order valence-corrected chi connectivity index (χ3v) is 5.54. The number of carboxylic acids is 1. The smallest absolute Gasteiger partial charge is 0.337 e. The van der Waals surface area contributed by atoms with E-state index in [9.17, 15) is 9.90 Å². The van der Waals surface area contributed by atoms with E-state index in [1.54, 1.807) is 0 Å². The lowest BCUT2D eigenvalue weighted by Gasteiger charge is -2.19. The van der Waals surface area contributed by atoms with E-state index in [1.807, 2.05) is 53.9 Å². The lowest BCUT2D eigenvalue weighted by molar-refractivity contribution is 0.0697. The molecule has 0 saturated carbocycles. The lowest BCUT2D eigenvalue weighted by atomic mass is 9.68. The van der Waals surface area contributed by atoms with Crippen molar-refractivity contribution in [1.29, 1.82) is 0 Å². The Morgan fingerprint density at radius 1 is 0.913 bits per heavy atom. The number of carbonyl (C=O) groups is 1. The molecule has 0 atom stereocenters. The van der Waals surface area contributed by atoms with Crippen LogP contribution in [0.2, 0.25) is 0 Å². The van der Waals surface area contributed by atoms with Crippen LogP contribution in [0.25, 0.3) is 21.9 Å². The van der Waals surface area contributed by atoms with Crippen molar-refractivity contribution in [2.45, 2.75) is 0 Å². The summed E-state index contributed by atoms with van der Waals surface area (Å²) in [4.78, 5) is 11.9. The van der Waals surface area contributed by atoms with E-state index in [0.29, 0.717) is 10.0 Å². The molecule has 0 spiro atoms. The van der Waals surface area contributed by atoms with Gasteiger partial charge in [-0.3, -0.25) is 0 Å². The van der Waals surface area contributed by atoms with E-state index >= 15 is 0 Å². The van der Waals surface area contributed by atoms with Crippen LogP contribution in [-0.2, 0) is 0 Å². The van der Waals surface area contributed by atoms with Gasteiger partial charge in [-0.05, 0) is 28.0 Å². The topological polar surface area (TPSA) is 37.3 Å². The van der Waals surface area contributed by atoms with E-state index in [4.69, 9.17) is 0 Å². The van der Waals surface area contributed by atoms with Crippen LogP contribution in [0.1, 0.15) is 10.4 Å². The Bertz CT molecular complexity index is 954. The zero-order chi connectivity index (χ0) is 16.7. The highest BCUT2D eigenvalue weighted by molar-refractivity contribution is 9.10. The van der Waals surface area contributed by atoms with Gasteiger partial charge in [0.1, 0.15) is 23.5 Å².